The second-order valence-electron chi connectivity index (χ2n) is 5.54. The number of carbonyl (C=O) groups excluding carboxylic acids is 1. The van der Waals surface area contributed by atoms with Gasteiger partial charge in [-0.3, -0.25) is 19.8 Å². The molecule has 0 saturated carbocycles. The third-order valence-electron chi connectivity index (χ3n) is 3.52. The second-order valence-corrected chi connectivity index (χ2v) is 5.54. The molecule has 0 spiro atoms. The molecule has 2 rings (SSSR count). The Morgan fingerprint density at radius 2 is 1.96 bits per heavy atom. The molecule has 7 heteroatoms. The summed E-state index contributed by atoms with van der Waals surface area (Å²) in [5.74, 6) is -0.731. The molecule has 1 amide bonds. The third kappa shape index (κ3) is 4.36. The average molecular weight is 331 g/mol. The van der Waals surface area contributed by atoms with Crippen LogP contribution in [0.15, 0.2) is 42.5 Å². The van der Waals surface area contributed by atoms with Gasteiger partial charge < -0.3 is 5.32 Å². The van der Waals surface area contributed by atoms with Gasteiger partial charge in [0, 0.05) is 18.2 Å². The minimum Gasteiger partial charge on any atom is -0.319 e. The van der Waals surface area contributed by atoms with Gasteiger partial charge in [0.2, 0.25) is 5.91 Å². The first-order chi connectivity index (χ1) is 11.4. The molecule has 0 aromatic heterocycles. The van der Waals surface area contributed by atoms with Crippen LogP contribution in [-0.4, -0.2) is 29.3 Å². The molecule has 0 aliphatic carbocycles. The number of hydrogen-bond acceptors (Lipinski definition) is 4. The number of aryl methyl sites for hydroxylation is 1. The average Bonchev–Trinajstić information content (AvgIpc) is 2.51. The van der Waals surface area contributed by atoms with Crippen LogP contribution in [0, 0.1) is 22.9 Å². The monoisotopic (exact) mass is 331 g/mol. The van der Waals surface area contributed by atoms with Gasteiger partial charge in [-0.05, 0) is 25.6 Å². The van der Waals surface area contributed by atoms with Crippen molar-refractivity contribution in [3.05, 3.63) is 69.5 Å². The number of nitrogens with one attached hydrogen (secondary N) is 1. The molecule has 0 atom stereocenters. The fourth-order valence-electron chi connectivity index (χ4n) is 2.36. The Bertz CT molecular complexity index is 764. The van der Waals surface area contributed by atoms with Crippen LogP contribution in [0.3, 0.4) is 0 Å². The normalized spacial score (nSPS) is 10.7. The topological polar surface area (TPSA) is 75.5 Å². The summed E-state index contributed by atoms with van der Waals surface area (Å²) >= 11 is 0. The maximum atomic E-state index is 13.6. The Morgan fingerprint density at radius 3 is 2.62 bits per heavy atom. The Hall–Kier alpha value is -2.80. The van der Waals surface area contributed by atoms with E-state index in [1.165, 1.54) is 12.1 Å². The highest BCUT2D eigenvalue weighted by Crippen LogP contribution is 2.27. The van der Waals surface area contributed by atoms with Crippen LogP contribution >= 0.6 is 0 Å². The van der Waals surface area contributed by atoms with Crippen molar-refractivity contribution in [2.24, 2.45) is 0 Å². The van der Waals surface area contributed by atoms with Crippen molar-refractivity contribution in [2.75, 3.05) is 18.9 Å². The van der Waals surface area contributed by atoms with E-state index in [2.05, 4.69) is 5.32 Å². The van der Waals surface area contributed by atoms with Gasteiger partial charge in [0.25, 0.3) is 5.69 Å². The van der Waals surface area contributed by atoms with Crippen molar-refractivity contribution in [2.45, 2.75) is 13.5 Å². The zero-order chi connectivity index (χ0) is 17.7. The molecule has 0 bridgehead atoms. The van der Waals surface area contributed by atoms with Crippen molar-refractivity contribution in [3.8, 4) is 0 Å². The van der Waals surface area contributed by atoms with Crippen LogP contribution in [0.25, 0.3) is 0 Å². The Balaban J connectivity index is 2.04. The number of amides is 1. The minimum absolute atomic E-state index is 0.0141. The Labute approximate surface area is 139 Å². The summed E-state index contributed by atoms with van der Waals surface area (Å²) in [6.07, 6.45) is 0. The van der Waals surface area contributed by atoms with Crippen molar-refractivity contribution in [1.82, 2.24) is 4.90 Å². The highest BCUT2D eigenvalue weighted by Gasteiger charge is 2.18. The number of likely N-dealkylation sites (N-methyl/N-ethyl adjacent to an activating group) is 1. The van der Waals surface area contributed by atoms with Crippen LogP contribution in [-0.2, 0) is 11.3 Å². The fraction of sp³-hybridized carbons (Fsp3) is 0.235. The van der Waals surface area contributed by atoms with E-state index >= 15 is 0 Å². The predicted octanol–water partition coefficient (Wildman–Crippen LogP) is 3.11. The van der Waals surface area contributed by atoms with E-state index in [1.54, 1.807) is 49.2 Å². The number of halogens is 1. The van der Waals surface area contributed by atoms with Crippen LogP contribution in [0.5, 0.6) is 0 Å². The summed E-state index contributed by atoms with van der Waals surface area (Å²) in [7, 11) is 1.68. The van der Waals surface area contributed by atoms with Crippen LogP contribution in [0.4, 0.5) is 15.8 Å². The summed E-state index contributed by atoms with van der Waals surface area (Å²) in [5.41, 5.74) is 1.12. The van der Waals surface area contributed by atoms with Crippen LogP contribution in [0.2, 0.25) is 0 Å². The molecule has 0 aliphatic heterocycles. The van der Waals surface area contributed by atoms with E-state index < -0.39 is 10.8 Å². The molecule has 2 aromatic carbocycles. The molecular weight excluding hydrogens is 313 g/mol. The Morgan fingerprint density at radius 1 is 1.25 bits per heavy atom. The third-order valence-corrected chi connectivity index (χ3v) is 3.52. The minimum atomic E-state index is -0.536. The van der Waals surface area contributed by atoms with E-state index in [1.807, 2.05) is 0 Å². The first-order valence-corrected chi connectivity index (χ1v) is 7.34. The molecule has 24 heavy (non-hydrogen) atoms. The second kappa shape index (κ2) is 7.65. The molecule has 0 heterocycles. The van der Waals surface area contributed by atoms with Gasteiger partial charge in [0.05, 0.1) is 11.5 Å². The van der Waals surface area contributed by atoms with Gasteiger partial charge in [-0.15, -0.1) is 0 Å². The number of benzene rings is 2. The lowest BCUT2D eigenvalue weighted by Crippen LogP contribution is -2.30. The molecule has 0 fully saturated rings. The SMILES string of the molecule is Cc1cccc([N+](=O)[O-])c1NC(=O)CN(C)Cc1ccccc1F. The summed E-state index contributed by atoms with van der Waals surface area (Å²) in [4.78, 5) is 24.3. The van der Waals surface area contributed by atoms with Gasteiger partial charge in [-0.1, -0.05) is 30.3 Å². The van der Waals surface area contributed by atoms with Crippen LogP contribution < -0.4 is 5.32 Å². The van der Waals surface area contributed by atoms with E-state index in [0.29, 0.717) is 11.1 Å². The smallest absolute Gasteiger partial charge is 0.293 e. The summed E-state index contributed by atoms with van der Waals surface area (Å²) < 4.78 is 13.6. The molecule has 2 aromatic rings. The summed E-state index contributed by atoms with van der Waals surface area (Å²) in [5, 5.41) is 13.6. The van der Waals surface area contributed by atoms with Gasteiger partial charge in [-0.2, -0.15) is 0 Å². The van der Waals surface area contributed by atoms with Crippen molar-refractivity contribution >= 4 is 17.3 Å². The lowest BCUT2D eigenvalue weighted by atomic mass is 10.1. The predicted molar refractivity (Wildman–Crippen MR) is 89.2 cm³/mol. The number of nitro groups is 1. The number of rotatable bonds is 6. The van der Waals surface area contributed by atoms with Gasteiger partial charge in [0.1, 0.15) is 11.5 Å². The van der Waals surface area contributed by atoms with Crippen molar-refractivity contribution in [1.29, 1.82) is 0 Å². The quantitative estimate of drug-likeness (QED) is 0.652. The maximum Gasteiger partial charge on any atom is 0.293 e. The highest BCUT2D eigenvalue weighted by molar-refractivity contribution is 5.95. The zero-order valence-electron chi connectivity index (χ0n) is 13.5. The largest absolute Gasteiger partial charge is 0.319 e. The molecule has 0 unspecified atom stereocenters. The molecule has 0 aliphatic rings. The summed E-state index contributed by atoms with van der Waals surface area (Å²) in [6.45, 7) is 1.93. The highest BCUT2D eigenvalue weighted by atomic mass is 19.1. The van der Waals surface area contributed by atoms with E-state index in [0.717, 1.165) is 0 Å². The Kier molecular flexibility index (Phi) is 5.59. The standard InChI is InChI=1S/C17H18FN3O3/c1-12-6-5-9-15(21(23)24)17(12)19-16(22)11-20(2)10-13-7-3-4-8-14(13)18/h3-9H,10-11H2,1-2H3,(H,19,22). The maximum absolute atomic E-state index is 13.6. The zero-order valence-corrected chi connectivity index (χ0v) is 13.5. The molecular formula is C17H18FN3O3. The van der Waals surface area contributed by atoms with E-state index in [-0.39, 0.29) is 30.3 Å². The fourth-order valence-corrected chi connectivity index (χ4v) is 2.36. The first-order valence-electron chi connectivity index (χ1n) is 7.34. The van der Waals surface area contributed by atoms with Crippen molar-refractivity contribution < 1.29 is 14.1 Å². The number of anilines is 1. The van der Waals surface area contributed by atoms with E-state index in [4.69, 9.17) is 0 Å². The van der Waals surface area contributed by atoms with Gasteiger partial charge >= 0.3 is 0 Å². The first kappa shape index (κ1) is 17.6. The number of para-hydroxylation sites is 1. The molecule has 1 N–H and O–H groups in total. The van der Waals surface area contributed by atoms with Crippen molar-refractivity contribution in [3.63, 3.8) is 0 Å². The van der Waals surface area contributed by atoms with Crippen LogP contribution in [0.1, 0.15) is 11.1 Å². The number of hydrogen-bond donors (Lipinski definition) is 1. The molecule has 0 saturated heterocycles. The number of carbonyl (C=O) groups is 1. The van der Waals surface area contributed by atoms with E-state index in [9.17, 15) is 19.3 Å². The van der Waals surface area contributed by atoms with Gasteiger partial charge in [-0.25, -0.2) is 4.39 Å². The lowest BCUT2D eigenvalue weighted by molar-refractivity contribution is -0.384. The van der Waals surface area contributed by atoms with Gasteiger partial charge in [0.15, 0.2) is 0 Å². The summed E-state index contributed by atoms with van der Waals surface area (Å²) in [6, 6.07) is 10.9. The number of nitro benzene ring substituents is 1. The number of nitrogens with zero attached hydrogens (tertiary/aromatic N) is 2. The molecule has 0 radical (unpaired) electrons. The molecule has 6 nitrogen and oxygen atoms in total. The molecule has 126 valence electrons. The lowest BCUT2D eigenvalue weighted by Gasteiger charge is -2.17.